The highest BCUT2D eigenvalue weighted by molar-refractivity contribution is 7.43. The summed E-state index contributed by atoms with van der Waals surface area (Å²) in [7, 11) is 3.82. The van der Waals surface area contributed by atoms with E-state index in [1.165, 1.54) is 73.2 Å². The minimum absolute atomic E-state index is 0.177. The summed E-state index contributed by atoms with van der Waals surface area (Å²) in [6, 6.07) is 20.9. The molecule has 7 rings (SSSR count). The summed E-state index contributed by atoms with van der Waals surface area (Å²) in [5.74, 6) is 3.95. The fourth-order valence-corrected chi connectivity index (χ4v) is 22.4. The van der Waals surface area contributed by atoms with Crippen LogP contribution in [0.25, 0.3) is 0 Å². The van der Waals surface area contributed by atoms with Gasteiger partial charge in [-0.05, 0) is 125 Å². The van der Waals surface area contributed by atoms with Crippen molar-refractivity contribution in [3.63, 3.8) is 0 Å². The van der Waals surface area contributed by atoms with Gasteiger partial charge in [-0.15, -0.1) is 0 Å². The fourth-order valence-electron chi connectivity index (χ4n) is 15.4. The third kappa shape index (κ3) is 10.7. The molecule has 3 aliphatic rings. The molecule has 0 saturated carbocycles. The zero-order valence-electron chi connectivity index (χ0n) is 57.7. The van der Waals surface area contributed by atoms with Crippen molar-refractivity contribution in [1.29, 1.82) is 0 Å². The molecule has 0 aromatic heterocycles. The molecule has 0 amide bonds. The topological polar surface area (TPSA) is 52.7 Å². The van der Waals surface area contributed by atoms with Gasteiger partial charge in [0.1, 0.15) is 23.0 Å². The minimum Gasteiger partial charge on any atom is -0.496 e. The highest BCUT2D eigenvalue weighted by Crippen LogP contribution is 2.73. The second-order valence-electron chi connectivity index (χ2n) is 34.8. The molecule has 3 aliphatic heterocycles. The molecule has 448 valence electrons. The van der Waals surface area contributed by atoms with Crippen LogP contribution in [-0.4, -0.2) is 59.2 Å². The summed E-state index contributed by atoms with van der Waals surface area (Å²) in [5.41, 5.74) is 12.7. The first-order valence-corrected chi connectivity index (χ1v) is 32.9. The number of piperidine rings is 1. The van der Waals surface area contributed by atoms with Gasteiger partial charge < -0.3 is 28.1 Å². The van der Waals surface area contributed by atoms with Crippen LogP contribution in [0.3, 0.4) is 0 Å². The Balaban J connectivity index is 1.96. The van der Waals surface area contributed by atoms with E-state index in [0.29, 0.717) is 0 Å². The van der Waals surface area contributed by atoms with Crippen molar-refractivity contribution < 1.29 is 23.3 Å². The Morgan fingerprint density at radius 3 is 0.691 bits per heavy atom. The highest BCUT2D eigenvalue weighted by Gasteiger charge is 2.89. The molecule has 3 fully saturated rings. The van der Waals surface area contributed by atoms with Gasteiger partial charge in [0, 0.05) is 65.7 Å². The molecular weight excluding hydrogens is 1010 g/mol. The molecule has 0 radical (unpaired) electrons. The van der Waals surface area contributed by atoms with Gasteiger partial charge >= 0.3 is 6.64 Å². The third-order valence-corrected chi connectivity index (χ3v) is 25.1. The number of ether oxygens (including phenoxy) is 4. The summed E-state index contributed by atoms with van der Waals surface area (Å²) >= 11 is 0. The second-order valence-corrected chi connectivity index (χ2v) is 38.7. The molecule has 3 heterocycles. The molecule has 81 heavy (non-hydrogen) atoms. The summed E-state index contributed by atoms with van der Waals surface area (Å²) < 4.78 is 35.8. The summed E-state index contributed by atoms with van der Waals surface area (Å²) in [6.07, 6.45) is 5.06. The van der Waals surface area contributed by atoms with Crippen molar-refractivity contribution in [1.82, 2.24) is 4.81 Å². The number of benzene rings is 4. The van der Waals surface area contributed by atoms with E-state index < -0.39 is 18.3 Å². The van der Waals surface area contributed by atoms with Crippen molar-refractivity contribution in [3.8, 4) is 23.0 Å². The Labute approximate surface area is 497 Å². The van der Waals surface area contributed by atoms with Crippen LogP contribution in [0.2, 0.25) is 0 Å². The highest BCUT2D eigenvalue weighted by atomic mass is 28.4. The van der Waals surface area contributed by atoms with Crippen LogP contribution < -0.4 is 18.9 Å². The average Bonchev–Trinajstić information content (AvgIpc) is 1.58. The molecule has 0 atom stereocenters. The van der Waals surface area contributed by atoms with Gasteiger partial charge in [0.05, 0.1) is 28.4 Å². The normalized spacial score (nSPS) is 19.5. The molecule has 1 spiro atoms. The van der Waals surface area contributed by atoms with Crippen molar-refractivity contribution in [2.45, 2.75) is 290 Å². The summed E-state index contributed by atoms with van der Waals surface area (Å²) in [5, 5.41) is -1.32. The standard InChI is InChI=1S/C73H114BNO5Si/c1-62(2,3)50-38-46(39-51(58(50)76-29)63(4,5)6)72(47-40-52(64(7,8)9)59(77-30)53(41-47)65(10,11)12)36-37-73(81(72)74(80-81)75-70(25,26)34-33-35-71(75,27)28,48-42-54(66(13,14)15)60(78-31)55(43-48)67(16,17)18)49-44-56(68(19,20)21)61(79-32)57(45-49)69(22,23)24/h38-45H,33-37H2,1-32H3. The first-order chi connectivity index (χ1) is 36.5. The van der Waals surface area contributed by atoms with E-state index in [1.54, 1.807) is 0 Å². The van der Waals surface area contributed by atoms with Gasteiger partial charge in [0.15, 0.2) is 0 Å². The number of rotatable bonds is 9. The molecular formula is C73H114BNO5Si. The van der Waals surface area contributed by atoms with Crippen LogP contribution in [-0.2, 0) is 57.7 Å². The quantitative estimate of drug-likeness (QED) is 0.123. The maximum Gasteiger partial charge on any atom is 0.387 e. The molecule has 0 aliphatic carbocycles. The van der Waals surface area contributed by atoms with E-state index in [0.717, 1.165) is 48.7 Å². The Hall–Kier alpha value is -3.72. The number of nitrogens with zero attached hydrogens (tertiary/aromatic N) is 1. The lowest BCUT2D eigenvalue weighted by Crippen LogP contribution is -2.68. The monoisotopic (exact) mass is 1120 g/mol. The van der Waals surface area contributed by atoms with Crippen LogP contribution in [0.4, 0.5) is 0 Å². The predicted octanol–water partition coefficient (Wildman–Crippen LogP) is 18.8. The van der Waals surface area contributed by atoms with E-state index in [1.807, 2.05) is 28.4 Å². The van der Waals surface area contributed by atoms with E-state index in [9.17, 15) is 0 Å². The second kappa shape index (κ2) is 20.2. The zero-order chi connectivity index (χ0) is 61.6. The van der Waals surface area contributed by atoms with Gasteiger partial charge in [0.25, 0.3) is 0 Å². The lowest BCUT2D eigenvalue weighted by molar-refractivity contribution is 0.0472. The van der Waals surface area contributed by atoms with Crippen LogP contribution in [0.15, 0.2) is 48.5 Å². The smallest absolute Gasteiger partial charge is 0.387 e. The average molecular weight is 1120 g/mol. The molecule has 0 unspecified atom stereocenters. The molecule has 0 bridgehead atoms. The molecule has 0 N–H and O–H groups in total. The van der Waals surface area contributed by atoms with E-state index in [4.69, 9.17) is 23.3 Å². The van der Waals surface area contributed by atoms with Gasteiger partial charge in [0.2, 0.25) is 8.19 Å². The minimum atomic E-state index is -3.71. The number of hydrogen-bond acceptors (Lipinski definition) is 6. The Morgan fingerprint density at radius 2 is 0.531 bits per heavy atom. The van der Waals surface area contributed by atoms with Gasteiger partial charge in [-0.3, -0.25) is 0 Å². The Bertz CT molecular complexity index is 2530. The van der Waals surface area contributed by atoms with Crippen LogP contribution in [0.1, 0.15) is 293 Å². The van der Waals surface area contributed by atoms with Gasteiger partial charge in [-0.2, -0.15) is 0 Å². The molecule has 6 nitrogen and oxygen atoms in total. The maximum absolute atomic E-state index is 8.90. The fraction of sp³-hybridized carbons (Fsp3) is 0.671. The molecule has 4 aromatic rings. The zero-order valence-corrected chi connectivity index (χ0v) is 58.7. The van der Waals surface area contributed by atoms with Crippen molar-refractivity contribution in [2.24, 2.45) is 0 Å². The van der Waals surface area contributed by atoms with Crippen LogP contribution >= 0.6 is 0 Å². The van der Waals surface area contributed by atoms with E-state index in [2.05, 4.69) is 247 Å². The predicted molar refractivity (Wildman–Crippen MR) is 349 cm³/mol. The van der Waals surface area contributed by atoms with E-state index in [-0.39, 0.29) is 61.0 Å². The van der Waals surface area contributed by atoms with Gasteiger partial charge in [-0.1, -0.05) is 215 Å². The molecule has 4 aromatic carbocycles. The first-order valence-electron chi connectivity index (χ1n) is 30.9. The Morgan fingerprint density at radius 1 is 0.346 bits per heavy atom. The van der Waals surface area contributed by atoms with Crippen molar-refractivity contribution in [3.05, 3.63) is 115 Å². The van der Waals surface area contributed by atoms with Crippen LogP contribution in [0, 0.1) is 0 Å². The van der Waals surface area contributed by atoms with Crippen molar-refractivity contribution >= 4 is 14.8 Å². The number of hydrogen-bond donors (Lipinski definition) is 0. The molecule has 8 heteroatoms. The molecule has 3 saturated heterocycles. The summed E-state index contributed by atoms with van der Waals surface area (Å²) in [4.78, 5) is 2.94. The number of methoxy groups -OCH3 is 4. The van der Waals surface area contributed by atoms with E-state index >= 15 is 0 Å². The largest absolute Gasteiger partial charge is 0.496 e. The van der Waals surface area contributed by atoms with Crippen molar-refractivity contribution in [2.75, 3.05) is 28.4 Å². The lowest BCUT2D eigenvalue weighted by atomic mass is 9.71. The lowest BCUT2D eigenvalue weighted by Gasteiger charge is -2.54. The Kier molecular flexibility index (Phi) is 16.2. The van der Waals surface area contributed by atoms with Gasteiger partial charge in [-0.25, -0.2) is 0 Å². The SMILES string of the molecule is COc1c(C(C)(C)C)cc(C2(c3cc(C(C)(C)C)c(OC)c(C(C)(C)C)c3)CCC(c3cc(C(C)(C)C)c(OC)c(C(C)(C)C)c3)(c3cc(C(C)(C)C)c(OC)c(C(C)(C)C)c3)[Si]23OB3N2C(C)(C)CCCC2(C)C)cc1C(C)(C)C. The third-order valence-electron chi connectivity index (χ3n) is 19.5. The maximum atomic E-state index is 8.90. The first kappa shape index (κ1) is 64.8. The summed E-state index contributed by atoms with van der Waals surface area (Å²) in [6.45, 7) is 66.8. The van der Waals surface area contributed by atoms with Crippen LogP contribution in [0.5, 0.6) is 23.0 Å².